The predicted molar refractivity (Wildman–Crippen MR) is 97.5 cm³/mol. The van der Waals surface area contributed by atoms with E-state index in [2.05, 4.69) is 67.7 Å². The number of benzene rings is 2. The van der Waals surface area contributed by atoms with Gasteiger partial charge in [-0.15, -0.1) is 0 Å². The van der Waals surface area contributed by atoms with E-state index in [1.165, 1.54) is 9.13 Å². The van der Waals surface area contributed by atoms with E-state index in [-0.39, 0.29) is 12.1 Å². The van der Waals surface area contributed by atoms with Gasteiger partial charge in [0.1, 0.15) is 0 Å². The van der Waals surface area contributed by atoms with E-state index in [9.17, 15) is 0 Å². The molecule has 0 amide bonds. The normalized spacial score (nSPS) is 19.9. The number of halogens is 2. The summed E-state index contributed by atoms with van der Waals surface area (Å²) in [6.07, 6.45) is 0.835. The molecular weight excluding hydrogens is 425 g/mol. The number of nitrogens with zero attached hydrogens (tertiary/aromatic N) is 4. The fourth-order valence-corrected chi connectivity index (χ4v) is 3.81. The number of hydrogen-bond acceptors (Lipinski definition) is 4. The van der Waals surface area contributed by atoms with Gasteiger partial charge in [0.05, 0.1) is 12.1 Å². The van der Waals surface area contributed by atoms with Gasteiger partial charge >= 0.3 is 0 Å². The van der Waals surface area contributed by atoms with Crippen LogP contribution in [0.25, 0.3) is 0 Å². The fourth-order valence-electron chi connectivity index (χ4n) is 2.98. The largest absolute Gasteiger partial charge is 0.346 e. The SMILES string of the molecule is Clc1ccccc1[C@H]1C[C@@H](c2cccc(I)c2)Nc2nnnn21. The Bertz CT molecular complexity index is 850. The van der Waals surface area contributed by atoms with E-state index in [0.29, 0.717) is 5.95 Å². The van der Waals surface area contributed by atoms with Crippen molar-refractivity contribution in [2.75, 3.05) is 5.32 Å². The van der Waals surface area contributed by atoms with Crippen molar-refractivity contribution in [3.8, 4) is 0 Å². The van der Waals surface area contributed by atoms with Crippen LogP contribution in [0.2, 0.25) is 5.02 Å². The Morgan fingerprint density at radius 1 is 1.17 bits per heavy atom. The van der Waals surface area contributed by atoms with Crippen LogP contribution in [0.4, 0.5) is 5.95 Å². The Hall–Kier alpha value is -1.67. The summed E-state index contributed by atoms with van der Waals surface area (Å²) >= 11 is 8.73. The highest BCUT2D eigenvalue weighted by molar-refractivity contribution is 14.1. The van der Waals surface area contributed by atoms with Crippen molar-refractivity contribution in [2.24, 2.45) is 0 Å². The minimum absolute atomic E-state index is 0.0119. The lowest BCUT2D eigenvalue weighted by Gasteiger charge is -2.31. The number of hydrogen-bond donors (Lipinski definition) is 1. The minimum Gasteiger partial charge on any atom is -0.346 e. The van der Waals surface area contributed by atoms with Crippen LogP contribution >= 0.6 is 34.2 Å². The van der Waals surface area contributed by atoms with Crippen LogP contribution in [0.1, 0.15) is 29.6 Å². The molecule has 1 N–H and O–H groups in total. The average molecular weight is 438 g/mol. The van der Waals surface area contributed by atoms with Crippen LogP contribution < -0.4 is 5.32 Å². The molecule has 0 spiro atoms. The molecule has 2 heterocycles. The Morgan fingerprint density at radius 2 is 2.04 bits per heavy atom. The zero-order valence-electron chi connectivity index (χ0n) is 12.0. The van der Waals surface area contributed by atoms with Gasteiger partial charge in [0.2, 0.25) is 5.95 Å². The maximum absolute atomic E-state index is 6.41. The molecule has 0 saturated heterocycles. The zero-order valence-corrected chi connectivity index (χ0v) is 14.9. The van der Waals surface area contributed by atoms with Crippen LogP contribution in [-0.4, -0.2) is 20.2 Å². The van der Waals surface area contributed by atoms with Crippen molar-refractivity contribution in [3.05, 3.63) is 68.3 Å². The van der Waals surface area contributed by atoms with Gasteiger partial charge in [-0.05, 0) is 68.8 Å². The standard InChI is InChI=1S/C16H13ClIN5/c17-13-7-2-1-6-12(13)15-9-14(10-4-3-5-11(18)8-10)19-16-20-21-22-23(15)16/h1-8,14-15H,9H2,(H,19,20,22)/t14-,15+/m0/s1. The van der Waals surface area contributed by atoms with E-state index >= 15 is 0 Å². The number of nitrogens with one attached hydrogen (secondary N) is 1. The molecule has 23 heavy (non-hydrogen) atoms. The molecule has 0 saturated carbocycles. The maximum Gasteiger partial charge on any atom is 0.243 e. The van der Waals surface area contributed by atoms with Crippen molar-refractivity contribution in [1.82, 2.24) is 20.2 Å². The average Bonchev–Trinajstić information content (AvgIpc) is 3.03. The van der Waals surface area contributed by atoms with E-state index < -0.39 is 0 Å². The topological polar surface area (TPSA) is 55.6 Å². The fraction of sp³-hybridized carbons (Fsp3) is 0.188. The second-order valence-electron chi connectivity index (χ2n) is 5.47. The van der Waals surface area contributed by atoms with Crippen LogP contribution in [0, 0.1) is 3.57 Å². The number of tetrazole rings is 1. The van der Waals surface area contributed by atoms with Gasteiger partial charge in [0.15, 0.2) is 0 Å². The van der Waals surface area contributed by atoms with Crippen molar-refractivity contribution in [2.45, 2.75) is 18.5 Å². The molecule has 1 aliphatic heterocycles. The lowest BCUT2D eigenvalue weighted by molar-refractivity contribution is 0.424. The third-order valence-electron chi connectivity index (χ3n) is 4.07. The van der Waals surface area contributed by atoms with Gasteiger partial charge in [-0.1, -0.05) is 47.0 Å². The molecule has 2 atom stereocenters. The Balaban J connectivity index is 1.77. The summed E-state index contributed by atoms with van der Waals surface area (Å²) < 4.78 is 3.02. The molecule has 0 aliphatic carbocycles. The monoisotopic (exact) mass is 437 g/mol. The van der Waals surface area contributed by atoms with Crippen molar-refractivity contribution < 1.29 is 0 Å². The molecule has 0 fully saturated rings. The van der Waals surface area contributed by atoms with Crippen molar-refractivity contribution in [3.63, 3.8) is 0 Å². The lowest BCUT2D eigenvalue weighted by atomic mass is 9.93. The highest BCUT2D eigenvalue weighted by Gasteiger charge is 2.31. The molecule has 2 aromatic carbocycles. The van der Waals surface area contributed by atoms with E-state index in [0.717, 1.165) is 17.0 Å². The summed E-state index contributed by atoms with van der Waals surface area (Å²) in [5.74, 6) is 0.671. The predicted octanol–water partition coefficient (Wildman–Crippen LogP) is 4.08. The quantitative estimate of drug-likeness (QED) is 0.614. The number of rotatable bonds is 2. The van der Waals surface area contributed by atoms with Crippen LogP contribution in [-0.2, 0) is 0 Å². The molecule has 5 nitrogen and oxygen atoms in total. The smallest absolute Gasteiger partial charge is 0.243 e. The van der Waals surface area contributed by atoms with Gasteiger partial charge in [-0.3, -0.25) is 0 Å². The van der Waals surface area contributed by atoms with Crippen LogP contribution in [0.15, 0.2) is 48.5 Å². The number of fused-ring (bicyclic) bond motifs is 1. The molecule has 4 rings (SSSR count). The van der Waals surface area contributed by atoms with Gasteiger partial charge < -0.3 is 5.32 Å². The van der Waals surface area contributed by atoms with E-state index in [4.69, 9.17) is 11.6 Å². The first kappa shape index (κ1) is 14.9. The van der Waals surface area contributed by atoms with Gasteiger partial charge in [0.25, 0.3) is 0 Å². The third kappa shape index (κ3) is 2.81. The first-order chi connectivity index (χ1) is 11.2. The van der Waals surface area contributed by atoms with Gasteiger partial charge in [-0.25, -0.2) is 4.68 Å². The Labute approximate surface area is 152 Å². The van der Waals surface area contributed by atoms with Crippen molar-refractivity contribution >= 4 is 40.1 Å². The highest BCUT2D eigenvalue weighted by atomic mass is 127. The van der Waals surface area contributed by atoms with E-state index in [1.54, 1.807) is 0 Å². The minimum atomic E-state index is 0.0119. The highest BCUT2D eigenvalue weighted by Crippen LogP contribution is 2.39. The molecule has 1 aromatic heterocycles. The summed E-state index contributed by atoms with van der Waals surface area (Å²) in [5, 5.41) is 16.2. The summed E-state index contributed by atoms with van der Waals surface area (Å²) in [6, 6.07) is 16.5. The molecular formula is C16H13ClIN5. The zero-order chi connectivity index (χ0) is 15.8. The molecule has 116 valence electrons. The molecule has 0 unspecified atom stereocenters. The van der Waals surface area contributed by atoms with Crippen LogP contribution in [0.5, 0.6) is 0 Å². The Morgan fingerprint density at radius 3 is 2.87 bits per heavy atom. The van der Waals surface area contributed by atoms with Crippen molar-refractivity contribution in [1.29, 1.82) is 0 Å². The molecule has 7 heteroatoms. The molecule has 0 radical (unpaired) electrons. The summed E-state index contributed by atoms with van der Waals surface area (Å²) in [6.45, 7) is 0. The Kier molecular flexibility index (Phi) is 3.94. The summed E-state index contributed by atoms with van der Waals surface area (Å²) in [4.78, 5) is 0. The summed E-state index contributed by atoms with van der Waals surface area (Å²) in [7, 11) is 0. The second kappa shape index (κ2) is 6.09. The van der Waals surface area contributed by atoms with Gasteiger partial charge in [0, 0.05) is 8.59 Å². The van der Waals surface area contributed by atoms with Gasteiger partial charge in [-0.2, -0.15) is 0 Å². The second-order valence-corrected chi connectivity index (χ2v) is 7.12. The van der Waals surface area contributed by atoms with Crippen LogP contribution in [0.3, 0.4) is 0 Å². The maximum atomic E-state index is 6.41. The first-order valence-corrected chi connectivity index (χ1v) is 8.72. The third-order valence-corrected chi connectivity index (χ3v) is 5.08. The number of anilines is 1. The first-order valence-electron chi connectivity index (χ1n) is 7.26. The lowest BCUT2D eigenvalue weighted by Crippen LogP contribution is -2.28. The number of aromatic nitrogens is 4. The van der Waals surface area contributed by atoms with E-state index in [1.807, 2.05) is 28.9 Å². The molecule has 1 aliphatic rings. The summed E-state index contributed by atoms with van der Waals surface area (Å²) in [5.41, 5.74) is 2.27. The molecule has 0 bridgehead atoms. The molecule has 3 aromatic rings.